The van der Waals surface area contributed by atoms with Crippen molar-refractivity contribution in [2.45, 2.75) is 5.41 Å². The second-order valence-corrected chi connectivity index (χ2v) is 5.97. The molecule has 1 aromatic carbocycles. The van der Waals surface area contributed by atoms with Crippen LogP contribution in [0.3, 0.4) is 0 Å². The predicted molar refractivity (Wildman–Crippen MR) is 79.7 cm³/mol. The molecule has 0 aliphatic carbocycles. The van der Waals surface area contributed by atoms with Gasteiger partial charge in [-0.1, -0.05) is 0 Å². The molecule has 4 nitrogen and oxygen atoms in total. The summed E-state index contributed by atoms with van der Waals surface area (Å²) in [6.07, 6.45) is 6.05. The van der Waals surface area contributed by atoms with Crippen LogP contribution in [0, 0.1) is 10.1 Å². The summed E-state index contributed by atoms with van der Waals surface area (Å²) in [4.78, 5) is 15.0. The third-order valence-corrected chi connectivity index (χ3v) is 4.59. The van der Waals surface area contributed by atoms with E-state index >= 15 is 0 Å². The molecule has 1 aliphatic rings. The van der Waals surface area contributed by atoms with Crippen LogP contribution in [-0.2, 0) is 5.41 Å². The van der Waals surface area contributed by atoms with Gasteiger partial charge in [0.2, 0.25) is 0 Å². The lowest BCUT2D eigenvalue weighted by molar-refractivity contribution is -0.384. The van der Waals surface area contributed by atoms with Crippen LogP contribution < -0.4 is 0 Å². The summed E-state index contributed by atoms with van der Waals surface area (Å²) in [5.41, 5.74) is 1.83. The Hall–Kier alpha value is -1.01. The number of thioether (sulfide) groups is 2. The molecular formula is C12H14N2O2S2. The first-order valence-corrected chi connectivity index (χ1v) is 8.24. The van der Waals surface area contributed by atoms with Crippen LogP contribution in [0.5, 0.6) is 0 Å². The highest BCUT2D eigenvalue weighted by atomic mass is 32.2. The summed E-state index contributed by atoms with van der Waals surface area (Å²) in [5, 5.41) is 10.9. The van der Waals surface area contributed by atoms with Gasteiger partial charge in [0.1, 0.15) is 0 Å². The largest absolute Gasteiger partial charge is 0.269 e. The first kappa shape index (κ1) is 13.4. The molecule has 0 amide bonds. The minimum Gasteiger partial charge on any atom is -0.260 e. The molecule has 0 spiro atoms. The normalized spacial score (nSPS) is 15.7. The van der Waals surface area contributed by atoms with Gasteiger partial charge in [-0.2, -0.15) is 23.5 Å². The van der Waals surface area contributed by atoms with E-state index in [2.05, 4.69) is 4.99 Å². The lowest BCUT2D eigenvalue weighted by Crippen LogP contribution is -2.31. The Morgan fingerprint density at radius 1 is 1.33 bits per heavy atom. The van der Waals surface area contributed by atoms with Crippen molar-refractivity contribution >= 4 is 41.1 Å². The van der Waals surface area contributed by atoms with Gasteiger partial charge in [0, 0.05) is 29.9 Å². The molecule has 1 aromatic rings. The lowest BCUT2D eigenvalue weighted by atomic mass is 9.86. The fourth-order valence-corrected chi connectivity index (χ4v) is 4.02. The summed E-state index contributed by atoms with van der Waals surface area (Å²) >= 11 is 3.48. The van der Waals surface area contributed by atoms with Crippen molar-refractivity contribution in [2.24, 2.45) is 4.99 Å². The zero-order chi connectivity index (χ0) is 13.2. The van der Waals surface area contributed by atoms with Crippen LogP contribution in [0.2, 0.25) is 0 Å². The van der Waals surface area contributed by atoms with Crippen molar-refractivity contribution in [1.82, 2.24) is 0 Å². The van der Waals surface area contributed by atoms with Gasteiger partial charge < -0.3 is 0 Å². The minimum atomic E-state index is -0.346. The Morgan fingerprint density at radius 2 is 2.00 bits per heavy atom. The fraction of sp³-hybridized carbons (Fsp3) is 0.417. The van der Waals surface area contributed by atoms with Gasteiger partial charge in [0.05, 0.1) is 16.0 Å². The van der Waals surface area contributed by atoms with Gasteiger partial charge in [-0.3, -0.25) is 15.1 Å². The third kappa shape index (κ3) is 2.27. The number of benzene rings is 1. The standard InChI is InChI=1S/C12H14N2O2S2/c1-17-7-12(8-18-2)6-13-11-4-3-9(14(15)16)5-10(11)12/h3-6H,7-8H2,1-2H3. The monoisotopic (exact) mass is 282 g/mol. The molecule has 0 saturated heterocycles. The van der Waals surface area contributed by atoms with Crippen LogP contribution >= 0.6 is 23.5 Å². The molecule has 0 bridgehead atoms. The maximum Gasteiger partial charge on any atom is 0.269 e. The van der Waals surface area contributed by atoms with E-state index in [0.717, 1.165) is 22.8 Å². The van der Waals surface area contributed by atoms with Gasteiger partial charge in [-0.15, -0.1) is 0 Å². The van der Waals surface area contributed by atoms with Crippen molar-refractivity contribution < 1.29 is 4.92 Å². The second kappa shape index (κ2) is 5.32. The summed E-state index contributed by atoms with van der Waals surface area (Å²) in [6.45, 7) is 0. The molecule has 0 radical (unpaired) electrons. The van der Waals surface area contributed by atoms with Crippen LogP contribution in [-0.4, -0.2) is 35.2 Å². The lowest BCUT2D eigenvalue weighted by Gasteiger charge is -2.25. The number of rotatable bonds is 5. The molecule has 6 heteroatoms. The topological polar surface area (TPSA) is 55.5 Å². The molecule has 0 saturated carbocycles. The van der Waals surface area contributed by atoms with E-state index in [0.29, 0.717) is 0 Å². The fourth-order valence-electron chi connectivity index (χ4n) is 2.20. The zero-order valence-corrected chi connectivity index (χ0v) is 11.9. The number of nitro groups is 1. The second-order valence-electron chi connectivity index (χ2n) is 4.24. The van der Waals surface area contributed by atoms with Crippen molar-refractivity contribution in [3.05, 3.63) is 33.9 Å². The van der Waals surface area contributed by atoms with Crippen LogP contribution in [0.4, 0.5) is 11.4 Å². The zero-order valence-electron chi connectivity index (χ0n) is 10.3. The van der Waals surface area contributed by atoms with E-state index in [9.17, 15) is 10.1 Å². The maximum atomic E-state index is 10.9. The number of aliphatic imine (C=N–C) groups is 1. The number of hydrogen-bond donors (Lipinski definition) is 0. The Bertz CT molecular complexity index is 497. The van der Waals surface area contributed by atoms with Crippen molar-refractivity contribution in [1.29, 1.82) is 0 Å². The molecule has 1 heterocycles. The van der Waals surface area contributed by atoms with E-state index in [4.69, 9.17) is 0 Å². The Balaban J connectivity index is 2.48. The first-order valence-electron chi connectivity index (χ1n) is 5.45. The Morgan fingerprint density at radius 3 is 2.56 bits per heavy atom. The maximum absolute atomic E-state index is 10.9. The quantitative estimate of drug-likeness (QED) is 0.614. The van der Waals surface area contributed by atoms with Gasteiger partial charge in [0.15, 0.2) is 0 Å². The van der Waals surface area contributed by atoms with Gasteiger partial charge in [0.25, 0.3) is 5.69 Å². The average Bonchev–Trinajstić information content (AvgIpc) is 2.69. The van der Waals surface area contributed by atoms with Crippen LogP contribution in [0.15, 0.2) is 23.2 Å². The summed E-state index contributed by atoms with van der Waals surface area (Å²) in [7, 11) is 0. The number of fused-ring (bicyclic) bond motifs is 1. The van der Waals surface area contributed by atoms with Crippen LogP contribution in [0.1, 0.15) is 5.56 Å². The number of hydrogen-bond acceptors (Lipinski definition) is 5. The number of nitro benzene ring substituents is 1. The van der Waals surface area contributed by atoms with E-state index in [1.165, 1.54) is 6.07 Å². The van der Waals surface area contributed by atoms with E-state index in [1.54, 1.807) is 35.7 Å². The molecule has 2 rings (SSSR count). The molecular weight excluding hydrogens is 268 g/mol. The third-order valence-electron chi connectivity index (χ3n) is 2.98. The van der Waals surface area contributed by atoms with E-state index in [-0.39, 0.29) is 16.0 Å². The van der Waals surface area contributed by atoms with Gasteiger partial charge in [-0.25, -0.2) is 0 Å². The molecule has 0 aromatic heterocycles. The molecule has 0 fully saturated rings. The molecule has 0 atom stereocenters. The molecule has 96 valence electrons. The Labute approximate surface area is 114 Å². The summed E-state index contributed by atoms with van der Waals surface area (Å²) < 4.78 is 0. The van der Waals surface area contributed by atoms with Crippen molar-refractivity contribution in [3.8, 4) is 0 Å². The van der Waals surface area contributed by atoms with Crippen molar-refractivity contribution in [3.63, 3.8) is 0 Å². The smallest absolute Gasteiger partial charge is 0.260 e. The summed E-state index contributed by atoms with van der Waals surface area (Å²) in [6, 6.07) is 4.94. The van der Waals surface area contributed by atoms with E-state index in [1.807, 2.05) is 18.7 Å². The molecule has 18 heavy (non-hydrogen) atoms. The van der Waals surface area contributed by atoms with E-state index < -0.39 is 0 Å². The summed E-state index contributed by atoms with van der Waals surface area (Å²) in [5.74, 6) is 1.79. The van der Waals surface area contributed by atoms with Crippen molar-refractivity contribution in [2.75, 3.05) is 24.0 Å². The minimum absolute atomic E-state index is 0.144. The first-order chi connectivity index (χ1) is 8.63. The molecule has 0 N–H and O–H groups in total. The van der Waals surface area contributed by atoms with Crippen LogP contribution in [0.25, 0.3) is 0 Å². The molecule has 0 unspecified atom stereocenters. The average molecular weight is 282 g/mol. The highest BCUT2D eigenvalue weighted by Gasteiger charge is 2.36. The van der Waals surface area contributed by atoms with Gasteiger partial charge in [-0.05, 0) is 24.1 Å². The SMILES string of the molecule is CSCC1(CSC)C=Nc2ccc([N+](=O)[O-])cc21. The number of non-ortho nitro benzene ring substituents is 1. The molecule has 1 aliphatic heterocycles. The highest BCUT2D eigenvalue weighted by molar-refractivity contribution is 7.99. The Kier molecular flexibility index (Phi) is 3.97. The van der Waals surface area contributed by atoms with Gasteiger partial charge >= 0.3 is 0 Å². The predicted octanol–water partition coefficient (Wildman–Crippen LogP) is 3.27. The highest BCUT2D eigenvalue weighted by Crippen LogP contribution is 2.42. The number of nitrogens with zero attached hydrogens (tertiary/aromatic N) is 2.